The van der Waals surface area contributed by atoms with Gasteiger partial charge in [0.05, 0.1) is 30.5 Å². The van der Waals surface area contributed by atoms with Crippen LogP contribution in [0, 0.1) is 3.57 Å². The lowest BCUT2D eigenvalue weighted by atomic mass is 10.1. The average Bonchev–Trinajstić information content (AvgIpc) is 3.01. The fourth-order valence-electron chi connectivity index (χ4n) is 2.59. The van der Waals surface area contributed by atoms with Crippen LogP contribution in [0.3, 0.4) is 0 Å². The maximum absolute atomic E-state index is 12.2. The van der Waals surface area contributed by atoms with Gasteiger partial charge in [0, 0.05) is 5.56 Å². The van der Waals surface area contributed by atoms with Crippen molar-refractivity contribution < 1.29 is 23.7 Å². The van der Waals surface area contributed by atoms with Crippen molar-refractivity contribution in [2.24, 2.45) is 0 Å². The summed E-state index contributed by atoms with van der Waals surface area (Å²) in [6, 6.07) is 11.1. The SMILES string of the molecule is COc1ccc(C2=CC(=Cc3cc(I)c(OC)c(OC)c3)C(=O)O2)cc1. The van der Waals surface area contributed by atoms with Gasteiger partial charge in [0.2, 0.25) is 0 Å². The van der Waals surface area contributed by atoms with Crippen molar-refractivity contribution in [2.45, 2.75) is 0 Å². The molecule has 0 atom stereocenters. The van der Waals surface area contributed by atoms with Crippen molar-refractivity contribution in [2.75, 3.05) is 21.3 Å². The van der Waals surface area contributed by atoms with Gasteiger partial charge in [-0.25, -0.2) is 4.79 Å². The summed E-state index contributed by atoms with van der Waals surface area (Å²) in [5.74, 6) is 2.14. The van der Waals surface area contributed by atoms with Gasteiger partial charge in [-0.15, -0.1) is 0 Å². The summed E-state index contributed by atoms with van der Waals surface area (Å²) in [5, 5.41) is 0. The van der Waals surface area contributed by atoms with E-state index in [2.05, 4.69) is 22.6 Å². The lowest BCUT2D eigenvalue weighted by Gasteiger charge is -2.10. The molecule has 26 heavy (non-hydrogen) atoms. The Bertz CT molecular complexity index is 897. The van der Waals surface area contributed by atoms with Gasteiger partial charge < -0.3 is 18.9 Å². The van der Waals surface area contributed by atoms with Crippen molar-refractivity contribution in [1.82, 2.24) is 0 Å². The first-order valence-corrected chi connectivity index (χ1v) is 8.85. The number of cyclic esters (lactones) is 1. The molecular weight excluding hydrogens is 447 g/mol. The Labute approximate surface area is 165 Å². The zero-order valence-electron chi connectivity index (χ0n) is 14.5. The molecule has 0 aromatic heterocycles. The van der Waals surface area contributed by atoms with Crippen molar-refractivity contribution in [3.8, 4) is 17.2 Å². The van der Waals surface area contributed by atoms with Crippen LogP contribution in [0.25, 0.3) is 11.8 Å². The number of carbonyl (C=O) groups excluding carboxylic acids is 1. The topological polar surface area (TPSA) is 54.0 Å². The number of carbonyl (C=O) groups is 1. The molecule has 0 saturated carbocycles. The Kier molecular flexibility index (Phi) is 5.51. The lowest BCUT2D eigenvalue weighted by molar-refractivity contribution is -0.130. The number of halogens is 1. The molecular formula is C20H17IO5. The molecule has 2 aromatic carbocycles. The van der Waals surface area contributed by atoms with Gasteiger partial charge in [-0.3, -0.25) is 0 Å². The smallest absolute Gasteiger partial charge is 0.343 e. The van der Waals surface area contributed by atoms with Crippen LogP contribution >= 0.6 is 22.6 Å². The molecule has 3 rings (SSSR count). The molecule has 0 bridgehead atoms. The van der Waals surface area contributed by atoms with Gasteiger partial charge in [0.25, 0.3) is 0 Å². The first-order valence-electron chi connectivity index (χ1n) is 7.77. The number of methoxy groups -OCH3 is 3. The zero-order valence-corrected chi connectivity index (χ0v) is 16.7. The van der Waals surface area contributed by atoms with Crippen LogP contribution < -0.4 is 14.2 Å². The van der Waals surface area contributed by atoms with E-state index in [9.17, 15) is 4.79 Å². The molecule has 0 fully saturated rings. The van der Waals surface area contributed by atoms with Crippen molar-refractivity contribution >= 4 is 40.4 Å². The van der Waals surface area contributed by atoms with E-state index in [0.29, 0.717) is 22.8 Å². The summed E-state index contributed by atoms with van der Waals surface area (Å²) < 4.78 is 22.1. The average molecular weight is 464 g/mol. The summed E-state index contributed by atoms with van der Waals surface area (Å²) in [4.78, 5) is 12.2. The Hall–Kier alpha value is -2.48. The van der Waals surface area contributed by atoms with E-state index in [0.717, 1.165) is 20.4 Å². The Balaban J connectivity index is 1.94. The molecule has 5 nitrogen and oxygen atoms in total. The van der Waals surface area contributed by atoms with Gasteiger partial charge in [-0.1, -0.05) is 0 Å². The van der Waals surface area contributed by atoms with E-state index in [-0.39, 0.29) is 5.97 Å². The highest BCUT2D eigenvalue weighted by atomic mass is 127. The minimum absolute atomic E-state index is 0.388. The van der Waals surface area contributed by atoms with Gasteiger partial charge in [0.1, 0.15) is 11.5 Å². The molecule has 0 radical (unpaired) electrons. The third-order valence-electron chi connectivity index (χ3n) is 3.88. The molecule has 0 amide bonds. The second-order valence-corrected chi connectivity index (χ2v) is 6.63. The third kappa shape index (κ3) is 3.70. The van der Waals surface area contributed by atoms with E-state index < -0.39 is 0 Å². The number of ether oxygens (including phenoxy) is 4. The van der Waals surface area contributed by atoms with Gasteiger partial charge in [-0.05, 0) is 76.7 Å². The van der Waals surface area contributed by atoms with Crippen LogP contribution in [0.15, 0.2) is 48.0 Å². The second kappa shape index (κ2) is 7.82. The predicted molar refractivity (Wildman–Crippen MR) is 107 cm³/mol. The largest absolute Gasteiger partial charge is 0.497 e. The molecule has 134 valence electrons. The summed E-state index contributed by atoms with van der Waals surface area (Å²) in [5.41, 5.74) is 2.11. The van der Waals surface area contributed by atoms with Crippen LogP contribution in [0.1, 0.15) is 11.1 Å². The normalized spacial score (nSPS) is 14.8. The Morgan fingerprint density at radius 2 is 1.73 bits per heavy atom. The number of hydrogen-bond donors (Lipinski definition) is 0. The van der Waals surface area contributed by atoms with E-state index in [1.54, 1.807) is 33.5 Å². The van der Waals surface area contributed by atoms with E-state index in [1.807, 2.05) is 36.4 Å². The lowest BCUT2D eigenvalue weighted by Crippen LogP contribution is -1.98. The number of esters is 1. The molecule has 0 spiro atoms. The Morgan fingerprint density at radius 3 is 2.35 bits per heavy atom. The fraction of sp³-hybridized carbons (Fsp3) is 0.150. The van der Waals surface area contributed by atoms with Crippen LogP contribution in [0.5, 0.6) is 17.2 Å². The quantitative estimate of drug-likeness (QED) is 0.376. The van der Waals surface area contributed by atoms with Gasteiger partial charge >= 0.3 is 5.97 Å². The van der Waals surface area contributed by atoms with Gasteiger partial charge in [-0.2, -0.15) is 0 Å². The molecule has 0 aliphatic carbocycles. The van der Waals surface area contributed by atoms with Gasteiger partial charge in [0.15, 0.2) is 11.5 Å². The molecule has 0 N–H and O–H groups in total. The molecule has 6 heteroatoms. The highest BCUT2D eigenvalue weighted by Crippen LogP contribution is 2.35. The van der Waals surface area contributed by atoms with Crippen molar-refractivity contribution in [3.05, 3.63) is 62.7 Å². The van der Waals surface area contributed by atoms with Crippen molar-refractivity contribution in [3.63, 3.8) is 0 Å². The van der Waals surface area contributed by atoms with Crippen molar-refractivity contribution in [1.29, 1.82) is 0 Å². The van der Waals surface area contributed by atoms with E-state index >= 15 is 0 Å². The first-order chi connectivity index (χ1) is 12.5. The monoisotopic (exact) mass is 464 g/mol. The maximum atomic E-state index is 12.2. The molecule has 0 unspecified atom stereocenters. The zero-order chi connectivity index (χ0) is 18.7. The summed E-state index contributed by atoms with van der Waals surface area (Å²) in [6.07, 6.45) is 3.50. The van der Waals surface area contributed by atoms with Crippen LogP contribution in [-0.4, -0.2) is 27.3 Å². The highest BCUT2D eigenvalue weighted by molar-refractivity contribution is 14.1. The van der Waals surface area contributed by atoms with Crippen LogP contribution in [0.2, 0.25) is 0 Å². The van der Waals surface area contributed by atoms with E-state index in [1.165, 1.54) is 0 Å². The molecule has 2 aromatic rings. The summed E-state index contributed by atoms with van der Waals surface area (Å²) in [6.45, 7) is 0. The molecule has 1 heterocycles. The minimum Gasteiger partial charge on any atom is -0.497 e. The minimum atomic E-state index is -0.388. The second-order valence-electron chi connectivity index (χ2n) is 5.46. The summed E-state index contributed by atoms with van der Waals surface area (Å²) >= 11 is 2.17. The number of hydrogen-bond acceptors (Lipinski definition) is 5. The van der Waals surface area contributed by atoms with E-state index in [4.69, 9.17) is 18.9 Å². The predicted octanol–water partition coefficient (Wildman–Crippen LogP) is 4.30. The fourth-order valence-corrected chi connectivity index (χ4v) is 3.43. The van der Waals surface area contributed by atoms with Crippen LogP contribution in [-0.2, 0) is 9.53 Å². The summed E-state index contributed by atoms with van der Waals surface area (Å²) in [7, 11) is 4.78. The maximum Gasteiger partial charge on any atom is 0.343 e. The van der Waals surface area contributed by atoms with Crippen LogP contribution in [0.4, 0.5) is 0 Å². The standard InChI is InChI=1S/C20H17IO5/c1-23-15-6-4-13(5-7-15)17-11-14(20(22)26-17)8-12-9-16(21)19(25-3)18(10-12)24-2/h4-11H,1-3H3. The third-order valence-corrected chi connectivity index (χ3v) is 4.68. The first kappa shape index (κ1) is 18.3. The molecule has 0 saturated heterocycles. The number of rotatable bonds is 5. The highest BCUT2D eigenvalue weighted by Gasteiger charge is 2.22. The Morgan fingerprint density at radius 1 is 1.00 bits per heavy atom. The molecule has 1 aliphatic heterocycles. The number of benzene rings is 2. The molecule has 1 aliphatic rings.